The van der Waals surface area contributed by atoms with Gasteiger partial charge in [-0.3, -0.25) is 4.79 Å². The van der Waals surface area contributed by atoms with Crippen LogP contribution in [-0.2, 0) is 6.42 Å². The first-order valence-corrected chi connectivity index (χ1v) is 8.49. The molecule has 2 aromatic rings. The van der Waals surface area contributed by atoms with E-state index in [1.807, 2.05) is 44.2 Å². The Balaban J connectivity index is 2.08. The molecule has 0 radical (unpaired) electrons. The van der Waals surface area contributed by atoms with Crippen molar-refractivity contribution in [3.05, 3.63) is 51.2 Å². The van der Waals surface area contributed by atoms with Crippen LogP contribution in [0.4, 0.5) is 0 Å². The van der Waals surface area contributed by atoms with E-state index in [1.165, 1.54) is 10.4 Å². The highest BCUT2D eigenvalue weighted by Gasteiger charge is 2.15. The van der Waals surface area contributed by atoms with Crippen molar-refractivity contribution < 1.29 is 9.53 Å². The van der Waals surface area contributed by atoms with Crippen molar-refractivity contribution in [1.29, 1.82) is 0 Å². The van der Waals surface area contributed by atoms with Gasteiger partial charge < -0.3 is 10.1 Å². The Morgan fingerprint density at radius 3 is 2.73 bits per heavy atom. The second-order valence-electron chi connectivity index (χ2n) is 5.27. The third-order valence-electron chi connectivity index (χ3n) is 3.58. The van der Waals surface area contributed by atoms with Crippen LogP contribution in [0.25, 0.3) is 0 Å². The third-order valence-corrected chi connectivity index (χ3v) is 4.96. The number of benzene rings is 1. The molecule has 22 heavy (non-hydrogen) atoms. The van der Waals surface area contributed by atoms with Crippen LogP contribution < -0.4 is 10.1 Å². The van der Waals surface area contributed by atoms with Crippen molar-refractivity contribution in [2.75, 3.05) is 6.61 Å². The van der Waals surface area contributed by atoms with Crippen LogP contribution in [0.5, 0.6) is 5.75 Å². The highest BCUT2D eigenvalue weighted by Crippen LogP contribution is 2.24. The largest absolute Gasteiger partial charge is 0.494 e. The van der Waals surface area contributed by atoms with Crippen molar-refractivity contribution in [3.8, 4) is 5.75 Å². The summed E-state index contributed by atoms with van der Waals surface area (Å²) in [4.78, 5) is 14.4. The summed E-state index contributed by atoms with van der Waals surface area (Å²) in [5.41, 5.74) is 2.24. The van der Waals surface area contributed by atoms with E-state index >= 15 is 0 Å². The zero-order valence-corrected chi connectivity index (χ0v) is 14.4. The molecule has 4 heteroatoms. The minimum atomic E-state index is -0.0552. The molecular formula is C18H23NO2S. The average Bonchev–Trinajstić information content (AvgIpc) is 2.89. The highest BCUT2D eigenvalue weighted by molar-refractivity contribution is 7.14. The number of thiophene rings is 1. The summed E-state index contributed by atoms with van der Waals surface area (Å²) in [7, 11) is 0. The smallest absolute Gasteiger partial charge is 0.261 e. The molecule has 1 aromatic carbocycles. The van der Waals surface area contributed by atoms with E-state index < -0.39 is 0 Å². The molecule has 118 valence electrons. The molecule has 2 rings (SSSR count). The normalized spacial score (nSPS) is 12.0. The lowest BCUT2D eigenvalue weighted by atomic mass is 10.1. The molecular weight excluding hydrogens is 294 g/mol. The van der Waals surface area contributed by atoms with Crippen molar-refractivity contribution in [2.45, 2.75) is 40.2 Å². The lowest BCUT2D eigenvalue weighted by Crippen LogP contribution is -2.25. The van der Waals surface area contributed by atoms with E-state index in [9.17, 15) is 4.79 Å². The van der Waals surface area contributed by atoms with Gasteiger partial charge in [0.2, 0.25) is 0 Å². The van der Waals surface area contributed by atoms with Crippen LogP contribution >= 0.6 is 11.3 Å². The first kappa shape index (κ1) is 16.6. The van der Waals surface area contributed by atoms with Gasteiger partial charge in [-0.1, -0.05) is 19.1 Å². The molecule has 1 aromatic heterocycles. The van der Waals surface area contributed by atoms with Crippen molar-refractivity contribution >= 4 is 17.2 Å². The van der Waals surface area contributed by atoms with Crippen LogP contribution in [0.1, 0.15) is 52.5 Å². The molecule has 3 nitrogen and oxygen atoms in total. The summed E-state index contributed by atoms with van der Waals surface area (Å²) < 4.78 is 5.51. The van der Waals surface area contributed by atoms with Crippen LogP contribution in [0.3, 0.4) is 0 Å². The summed E-state index contributed by atoms with van der Waals surface area (Å²) in [6.45, 7) is 8.76. The minimum Gasteiger partial charge on any atom is -0.494 e. The van der Waals surface area contributed by atoms with Gasteiger partial charge >= 0.3 is 0 Å². The van der Waals surface area contributed by atoms with E-state index in [2.05, 4.69) is 19.2 Å². The Hall–Kier alpha value is -1.81. The zero-order valence-electron chi connectivity index (χ0n) is 13.6. The summed E-state index contributed by atoms with van der Waals surface area (Å²) in [5.74, 6) is 0.823. The van der Waals surface area contributed by atoms with Crippen LogP contribution in [0, 0.1) is 6.92 Å². The Morgan fingerprint density at radius 2 is 2.09 bits per heavy atom. The van der Waals surface area contributed by atoms with Crippen molar-refractivity contribution in [2.24, 2.45) is 0 Å². The maximum Gasteiger partial charge on any atom is 0.261 e. The SMILES string of the molecule is CCOc1cccc([C@@H](C)NC(=O)c2cc(C)c(CC)s2)c1. The van der Waals surface area contributed by atoms with E-state index in [1.54, 1.807) is 11.3 Å². The van der Waals surface area contributed by atoms with Gasteiger partial charge in [-0.2, -0.15) is 0 Å². The fourth-order valence-electron chi connectivity index (χ4n) is 2.37. The number of hydrogen-bond donors (Lipinski definition) is 1. The fourth-order valence-corrected chi connectivity index (χ4v) is 3.39. The Kier molecular flexibility index (Phi) is 5.61. The molecule has 0 bridgehead atoms. The third kappa shape index (κ3) is 3.89. The second kappa shape index (κ2) is 7.45. The van der Waals surface area contributed by atoms with Gasteiger partial charge in [0.25, 0.3) is 5.91 Å². The quantitative estimate of drug-likeness (QED) is 0.851. The molecule has 0 unspecified atom stereocenters. The standard InChI is InChI=1S/C18H23NO2S/c1-5-16-12(3)10-17(22-16)18(20)19-13(4)14-8-7-9-15(11-14)21-6-2/h7-11,13H,5-6H2,1-4H3,(H,19,20)/t13-/m1/s1. The molecule has 0 spiro atoms. The predicted octanol–water partition coefficient (Wildman–Crippen LogP) is 4.51. The predicted molar refractivity (Wildman–Crippen MR) is 91.9 cm³/mol. The fraction of sp³-hybridized carbons (Fsp3) is 0.389. The zero-order chi connectivity index (χ0) is 16.1. The van der Waals surface area contributed by atoms with Gasteiger partial charge in [0.05, 0.1) is 17.5 Å². The van der Waals surface area contributed by atoms with Crippen molar-refractivity contribution in [3.63, 3.8) is 0 Å². The summed E-state index contributed by atoms with van der Waals surface area (Å²) >= 11 is 1.58. The summed E-state index contributed by atoms with van der Waals surface area (Å²) in [5, 5.41) is 3.06. The van der Waals surface area contributed by atoms with E-state index in [4.69, 9.17) is 4.74 Å². The van der Waals surface area contributed by atoms with Crippen LogP contribution in [-0.4, -0.2) is 12.5 Å². The molecule has 0 aliphatic rings. The van der Waals surface area contributed by atoms with Gasteiger partial charge in [-0.15, -0.1) is 11.3 Å². The number of nitrogens with one attached hydrogen (secondary N) is 1. The maximum atomic E-state index is 12.4. The van der Waals surface area contributed by atoms with Crippen LogP contribution in [0.2, 0.25) is 0 Å². The van der Waals surface area contributed by atoms with Crippen molar-refractivity contribution in [1.82, 2.24) is 5.32 Å². The number of rotatable bonds is 6. The number of carbonyl (C=O) groups excluding carboxylic acids is 1. The molecule has 0 fully saturated rings. The molecule has 0 saturated carbocycles. The second-order valence-corrected chi connectivity index (χ2v) is 6.41. The van der Waals surface area contributed by atoms with Gasteiger partial charge in [0.15, 0.2) is 0 Å². The van der Waals surface area contributed by atoms with Gasteiger partial charge in [-0.05, 0) is 56.5 Å². The Labute approximate surface area is 136 Å². The number of hydrogen-bond acceptors (Lipinski definition) is 3. The molecule has 1 N–H and O–H groups in total. The highest BCUT2D eigenvalue weighted by atomic mass is 32.1. The molecule has 1 heterocycles. The number of aryl methyl sites for hydroxylation is 2. The van der Waals surface area contributed by atoms with Gasteiger partial charge in [0.1, 0.15) is 5.75 Å². The molecule has 0 aliphatic heterocycles. The van der Waals surface area contributed by atoms with Crippen LogP contribution in [0.15, 0.2) is 30.3 Å². The first-order valence-electron chi connectivity index (χ1n) is 7.68. The number of ether oxygens (including phenoxy) is 1. The van der Waals surface area contributed by atoms with E-state index in [-0.39, 0.29) is 11.9 Å². The lowest BCUT2D eigenvalue weighted by molar-refractivity contribution is 0.0944. The Morgan fingerprint density at radius 1 is 1.32 bits per heavy atom. The molecule has 1 amide bonds. The first-order chi connectivity index (χ1) is 10.5. The lowest BCUT2D eigenvalue weighted by Gasteiger charge is -2.15. The summed E-state index contributed by atoms with van der Waals surface area (Å²) in [6, 6.07) is 9.78. The minimum absolute atomic E-state index is 0.0119. The number of amides is 1. The maximum absolute atomic E-state index is 12.4. The molecule has 1 atom stereocenters. The van der Waals surface area contributed by atoms with Gasteiger partial charge in [0, 0.05) is 4.88 Å². The summed E-state index contributed by atoms with van der Waals surface area (Å²) in [6.07, 6.45) is 0.968. The monoisotopic (exact) mass is 317 g/mol. The molecule has 0 aliphatic carbocycles. The molecule has 0 saturated heterocycles. The number of carbonyl (C=O) groups is 1. The van der Waals surface area contributed by atoms with E-state index in [0.717, 1.165) is 22.6 Å². The Bertz CT molecular complexity index is 648. The topological polar surface area (TPSA) is 38.3 Å². The van der Waals surface area contributed by atoms with Gasteiger partial charge in [-0.25, -0.2) is 0 Å². The average molecular weight is 317 g/mol. The van der Waals surface area contributed by atoms with E-state index in [0.29, 0.717) is 6.61 Å².